The molecule has 0 spiro atoms. The zero-order valence-electron chi connectivity index (χ0n) is 7.49. The summed E-state index contributed by atoms with van der Waals surface area (Å²) in [6.45, 7) is 9.65. The summed E-state index contributed by atoms with van der Waals surface area (Å²) in [7, 11) is 0. The fourth-order valence-corrected chi connectivity index (χ4v) is 1.16. The number of hydrogen-bond donors (Lipinski definition) is 0. The molecule has 0 aromatic rings. The Bertz CT molecular complexity index is 158. The van der Waals surface area contributed by atoms with Crippen LogP contribution in [0.25, 0.3) is 0 Å². The molecule has 0 aliphatic carbocycles. The molecule has 1 heteroatoms. The van der Waals surface area contributed by atoms with Crippen LogP contribution in [-0.4, -0.2) is 5.78 Å². The van der Waals surface area contributed by atoms with E-state index in [9.17, 15) is 4.79 Å². The van der Waals surface area contributed by atoms with Gasteiger partial charge in [-0.2, -0.15) is 0 Å². The van der Waals surface area contributed by atoms with Gasteiger partial charge in [0.15, 0.2) is 5.78 Å². The van der Waals surface area contributed by atoms with Crippen LogP contribution in [0.1, 0.15) is 34.6 Å². The van der Waals surface area contributed by atoms with E-state index in [4.69, 9.17) is 0 Å². The first kappa shape index (κ1) is 9.41. The third-order valence-electron chi connectivity index (χ3n) is 1.48. The second-order valence-electron chi connectivity index (χ2n) is 3.51. The fourth-order valence-electron chi connectivity index (χ4n) is 1.16. The molecule has 0 heterocycles. The lowest BCUT2D eigenvalue weighted by Gasteiger charge is -2.19. The number of ketones is 1. The second-order valence-corrected chi connectivity index (χ2v) is 3.51. The molecule has 0 aromatic carbocycles. The van der Waals surface area contributed by atoms with E-state index in [-0.39, 0.29) is 11.2 Å². The number of hydrogen-bond acceptors (Lipinski definition) is 1. The highest BCUT2D eigenvalue weighted by atomic mass is 16.1. The minimum absolute atomic E-state index is 0.000579. The lowest BCUT2D eigenvalue weighted by Crippen LogP contribution is -2.15. The second kappa shape index (κ2) is 3.00. The van der Waals surface area contributed by atoms with Crippen LogP contribution in [0.5, 0.6) is 0 Å². The highest BCUT2D eigenvalue weighted by Crippen LogP contribution is 2.25. The summed E-state index contributed by atoms with van der Waals surface area (Å²) in [6, 6.07) is 0. The number of allylic oxidation sites excluding steroid dienone is 2. The zero-order valence-corrected chi connectivity index (χ0v) is 7.49. The van der Waals surface area contributed by atoms with Gasteiger partial charge in [-0.3, -0.25) is 4.79 Å². The Hall–Kier alpha value is -0.590. The minimum Gasteiger partial charge on any atom is -0.295 e. The van der Waals surface area contributed by atoms with Gasteiger partial charge in [0.1, 0.15) is 0 Å². The molecule has 0 fully saturated rings. The van der Waals surface area contributed by atoms with Crippen LogP contribution < -0.4 is 0 Å². The van der Waals surface area contributed by atoms with Gasteiger partial charge < -0.3 is 0 Å². The average Bonchev–Trinajstić information content (AvgIpc) is 1.60. The Balaban J connectivity index is 4.56. The molecule has 0 atom stereocenters. The van der Waals surface area contributed by atoms with E-state index < -0.39 is 0 Å². The SMILES string of the molecule is C/C=C(\C(C)=O)C(C)(C)C. The summed E-state index contributed by atoms with van der Waals surface area (Å²) in [5.74, 6) is 0.176. The van der Waals surface area contributed by atoms with Crippen LogP contribution in [0.15, 0.2) is 11.6 Å². The molecule has 0 saturated heterocycles. The molecule has 58 valence electrons. The van der Waals surface area contributed by atoms with Gasteiger partial charge in [0.05, 0.1) is 0 Å². The number of carbonyl (C=O) groups is 1. The average molecular weight is 140 g/mol. The first-order chi connectivity index (χ1) is 4.39. The quantitative estimate of drug-likeness (QED) is 0.511. The predicted octanol–water partition coefficient (Wildman–Crippen LogP) is 2.57. The van der Waals surface area contributed by atoms with Gasteiger partial charge >= 0.3 is 0 Å². The Kier molecular flexibility index (Phi) is 2.82. The summed E-state index contributed by atoms with van der Waals surface area (Å²) >= 11 is 0. The van der Waals surface area contributed by atoms with Gasteiger partial charge in [-0.05, 0) is 24.8 Å². The molecule has 0 aromatic heterocycles. The molecule has 10 heavy (non-hydrogen) atoms. The lowest BCUT2D eigenvalue weighted by atomic mass is 9.84. The predicted molar refractivity (Wildman–Crippen MR) is 43.9 cm³/mol. The summed E-state index contributed by atoms with van der Waals surface area (Å²) < 4.78 is 0. The highest BCUT2D eigenvalue weighted by Gasteiger charge is 2.19. The van der Waals surface area contributed by atoms with E-state index in [1.807, 2.05) is 33.8 Å². The third-order valence-corrected chi connectivity index (χ3v) is 1.48. The molecule has 0 saturated carbocycles. The molecule has 0 amide bonds. The van der Waals surface area contributed by atoms with Crippen molar-refractivity contribution in [3.8, 4) is 0 Å². The molecule has 0 aliphatic rings. The minimum atomic E-state index is 0.000579. The van der Waals surface area contributed by atoms with Crippen LogP contribution in [0.4, 0.5) is 0 Å². The van der Waals surface area contributed by atoms with Crippen molar-refractivity contribution in [2.75, 3.05) is 0 Å². The van der Waals surface area contributed by atoms with E-state index in [0.29, 0.717) is 0 Å². The monoisotopic (exact) mass is 140 g/mol. The summed E-state index contributed by atoms with van der Waals surface area (Å²) in [5.41, 5.74) is 0.910. The van der Waals surface area contributed by atoms with E-state index in [1.54, 1.807) is 6.92 Å². The molecular formula is C9H16O. The Labute approximate surface area is 63.1 Å². The number of Topliss-reactive ketones (excluding diaryl/α,β-unsaturated/α-hetero) is 1. The fraction of sp³-hybridized carbons (Fsp3) is 0.667. The Morgan fingerprint density at radius 1 is 1.30 bits per heavy atom. The summed E-state index contributed by atoms with van der Waals surface area (Å²) in [6.07, 6.45) is 1.89. The standard InChI is InChI=1S/C9H16O/c1-6-8(7(2)10)9(3,4)5/h6H,1-5H3/b8-6+. The van der Waals surface area contributed by atoms with E-state index in [1.165, 1.54) is 0 Å². The van der Waals surface area contributed by atoms with Crippen molar-refractivity contribution in [2.24, 2.45) is 5.41 Å². The van der Waals surface area contributed by atoms with Crippen molar-refractivity contribution < 1.29 is 4.79 Å². The Morgan fingerprint density at radius 2 is 1.70 bits per heavy atom. The topological polar surface area (TPSA) is 17.1 Å². The lowest BCUT2D eigenvalue weighted by molar-refractivity contribution is -0.114. The van der Waals surface area contributed by atoms with E-state index in [0.717, 1.165) is 5.57 Å². The highest BCUT2D eigenvalue weighted by molar-refractivity contribution is 5.94. The molecule has 0 aliphatic heterocycles. The van der Waals surface area contributed by atoms with Crippen LogP contribution in [-0.2, 0) is 4.79 Å². The summed E-state index contributed by atoms with van der Waals surface area (Å²) in [4.78, 5) is 11.0. The van der Waals surface area contributed by atoms with Gasteiger partial charge in [0, 0.05) is 0 Å². The van der Waals surface area contributed by atoms with Gasteiger partial charge in [-0.15, -0.1) is 0 Å². The smallest absolute Gasteiger partial charge is 0.155 e. The molecule has 0 N–H and O–H groups in total. The van der Waals surface area contributed by atoms with Crippen molar-refractivity contribution in [2.45, 2.75) is 34.6 Å². The largest absolute Gasteiger partial charge is 0.295 e. The first-order valence-electron chi connectivity index (χ1n) is 3.57. The normalized spacial score (nSPS) is 13.5. The molecular weight excluding hydrogens is 124 g/mol. The van der Waals surface area contributed by atoms with Crippen LogP contribution >= 0.6 is 0 Å². The van der Waals surface area contributed by atoms with Crippen molar-refractivity contribution in [1.29, 1.82) is 0 Å². The van der Waals surface area contributed by atoms with Crippen molar-refractivity contribution in [1.82, 2.24) is 0 Å². The van der Waals surface area contributed by atoms with Gasteiger partial charge in [0.2, 0.25) is 0 Å². The molecule has 0 radical (unpaired) electrons. The van der Waals surface area contributed by atoms with Crippen molar-refractivity contribution >= 4 is 5.78 Å². The first-order valence-corrected chi connectivity index (χ1v) is 3.57. The zero-order chi connectivity index (χ0) is 8.36. The van der Waals surface area contributed by atoms with Gasteiger partial charge in [-0.1, -0.05) is 26.8 Å². The Morgan fingerprint density at radius 3 is 1.70 bits per heavy atom. The molecule has 0 rings (SSSR count). The number of carbonyl (C=O) groups excluding carboxylic acids is 1. The van der Waals surface area contributed by atoms with Gasteiger partial charge in [-0.25, -0.2) is 0 Å². The summed E-state index contributed by atoms with van der Waals surface area (Å²) in [5, 5.41) is 0. The van der Waals surface area contributed by atoms with E-state index >= 15 is 0 Å². The maximum Gasteiger partial charge on any atom is 0.155 e. The molecule has 0 bridgehead atoms. The molecule has 0 unspecified atom stereocenters. The van der Waals surface area contributed by atoms with Crippen LogP contribution in [0, 0.1) is 5.41 Å². The maximum atomic E-state index is 11.0. The third kappa shape index (κ3) is 2.34. The number of rotatable bonds is 1. The molecule has 1 nitrogen and oxygen atoms in total. The van der Waals surface area contributed by atoms with Gasteiger partial charge in [0.25, 0.3) is 0 Å². The van der Waals surface area contributed by atoms with Crippen LogP contribution in [0.3, 0.4) is 0 Å². The van der Waals surface area contributed by atoms with Crippen LogP contribution in [0.2, 0.25) is 0 Å². The maximum absolute atomic E-state index is 11.0. The van der Waals surface area contributed by atoms with Crippen molar-refractivity contribution in [3.63, 3.8) is 0 Å². The van der Waals surface area contributed by atoms with E-state index in [2.05, 4.69) is 0 Å². The van der Waals surface area contributed by atoms with Crippen molar-refractivity contribution in [3.05, 3.63) is 11.6 Å².